The normalized spacial score (nSPS) is 18.1. The van der Waals surface area contributed by atoms with Crippen LogP contribution in [0.2, 0.25) is 0 Å². The van der Waals surface area contributed by atoms with Crippen molar-refractivity contribution >= 4 is 27.7 Å². The van der Waals surface area contributed by atoms with Gasteiger partial charge in [-0.05, 0) is 48.9 Å². The van der Waals surface area contributed by atoms with Crippen molar-refractivity contribution in [2.24, 2.45) is 0 Å². The van der Waals surface area contributed by atoms with E-state index in [0.29, 0.717) is 25.6 Å². The minimum atomic E-state index is -4.57. The van der Waals surface area contributed by atoms with Crippen LogP contribution < -0.4 is 5.32 Å². The van der Waals surface area contributed by atoms with Crippen LogP contribution in [0.25, 0.3) is 0 Å². The molecule has 2 amide bonds. The lowest BCUT2D eigenvalue weighted by atomic mass is 9.94. The van der Waals surface area contributed by atoms with Gasteiger partial charge in [0, 0.05) is 67.8 Å². The quantitative estimate of drug-likeness (QED) is 0.424. The predicted molar refractivity (Wildman–Crippen MR) is 141 cm³/mol. The van der Waals surface area contributed by atoms with Crippen molar-refractivity contribution in [3.05, 3.63) is 69.4 Å². The molecule has 212 valence electrons. The summed E-state index contributed by atoms with van der Waals surface area (Å²) in [6, 6.07) is 9.53. The Morgan fingerprint density at radius 3 is 2.33 bits per heavy atom. The van der Waals surface area contributed by atoms with E-state index in [4.69, 9.17) is 5.11 Å². The standard InChI is InChI=1S/C27H31BrF4N4O3/c28-22-12-20(11-21(13-22)27(30,31)32)26(39)33-14-19(18-1-3-23(29)4-2-18)5-6-34-15-24(16-34)35-7-9-36(10-8-35)25(38)17-37/h1-4,11-13,19,24,37H,5-10,14-17H2,(H,33,39)/t19-/m1/s1. The Hall–Kier alpha value is -2.54. The number of aliphatic hydroxyl groups is 1. The molecule has 39 heavy (non-hydrogen) atoms. The van der Waals surface area contributed by atoms with E-state index in [0.717, 1.165) is 50.4 Å². The van der Waals surface area contributed by atoms with Crippen LogP contribution in [0.1, 0.15) is 33.8 Å². The molecule has 1 atom stereocenters. The van der Waals surface area contributed by atoms with Crippen molar-refractivity contribution in [1.29, 1.82) is 0 Å². The molecule has 2 aromatic carbocycles. The van der Waals surface area contributed by atoms with E-state index in [1.807, 2.05) is 0 Å². The molecule has 2 aliphatic rings. The molecule has 2 fully saturated rings. The largest absolute Gasteiger partial charge is 0.416 e. The highest BCUT2D eigenvalue weighted by molar-refractivity contribution is 9.10. The van der Waals surface area contributed by atoms with Crippen molar-refractivity contribution in [1.82, 2.24) is 20.0 Å². The lowest BCUT2D eigenvalue weighted by Crippen LogP contribution is -2.63. The van der Waals surface area contributed by atoms with Gasteiger partial charge in [0.05, 0.1) is 5.56 Å². The number of carbonyl (C=O) groups is 2. The highest BCUT2D eigenvalue weighted by atomic mass is 79.9. The molecular formula is C27H31BrF4N4O3. The molecule has 0 radical (unpaired) electrons. The molecule has 0 spiro atoms. The number of benzene rings is 2. The number of likely N-dealkylation sites (tertiary alicyclic amines) is 1. The second kappa shape index (κ2) is 12.8. The predicted octanol–water partition coefficient (Wildman–Crippen LogP) is 3.33. The number of amides is 2. The molecule has 2 heterocycles. The van der Waals surface area contributed by atoms with Gasteiger partial charge in [-0.1, -0.05) is 28.1 Å². The summed E-state index contributed by atoms with van der Waals surface area (Å²) in [7, 11) is 0. The van der Waals surface area contributed by atoms with Gasteiger partial charge in [-0.25, -0.2) is 4.39 Å². The molecule has 2 N–H and O–H groups in total. The number of nitrogens with zero attached hydrogens (tertiary/aromatic N) is 3. The maximum atomic E-state index is 13.5. The van der Waals surface area contributed by atoms with E-state index >= 15 is 0 Å². The summed E-state index contributed by atoms with van der Waals surface area (Å²) >= 11 is 3.05. The first-order valence-electron chi connectivity index (χ1n) is 12.8. The first-order chi connectivity index (χ1) is 18.5. The fraction of sp³-hybridized carbons (Fsp3) is 0.481. The Bertz CT molecular complexity index is 1150. The van der Waals surface area contributed by atoms with Crippen LogP contribution in [0.3, 0.4) is 0 Å². The topological polar surface area (TPSA) is 76.1 Å². The number of piperazine rings is 1. The number of halogens is 5. The Balaban J connectivity index is 1.31. The first-order valence-corrected chi connectivity index (χ1v) is 13.6. The number of nitrogens with one attached hydrogen (secondary N) is 1. The van der Waals surface area contributed by atoms with Crippen molar-refractivity contribution in [2.45, 2.75) is 24.6 Å². The highest BCUT2D eigenvalue weighted by Gasteiger charge is 2.34. The van der Waals surface area contributed by atoms with Gasteiger partial charge in [0.1, 0.15) is 12.4 Å². The van der Waals surface area contributed by atoms with Gasteiger partial charge in [0.2, 0.25) is 5.91 Å². The summed E-state index contributed by atoms with van der Waals surface area (Å²) in [4.78, 5) is 30.7. The number of aliphatic hydroxyl groups excluding tert-OH is 1. The van der Waals surface area contributed by atoms with Crippen molar-refractivity contribution in [2.75, 3.05) is 59.0 Å². The number of alkyl halides is 3. The average Bonchev–Trinajstić information content (AvgIpc) is 2.89. The average molecular weight is 615 g/mol. The fourth-order valence-corrected chi connectivity index (χ4v) is 5.55. The minimum absolute atomic E-state index is 0.0964. The van der Waals surface area contributed by atoms with Gasteiger partial charge in [-0.3, -0.25) is 14.5 Å². The molecule has 7 nitrogen and oxygen atoms in total. The zero-order valence-corrected chi connectivity index (χ0v) is 22.8. The number of hydrogen-bond donors (Lipinski definition) is 2. The number of hydrogen-bond acceptors (Lipinski definition) is 5. The van der Waals surface area contributed by atoms with Gasteiger partial charge in [-0.2, -0.15) is 13.2 Å². The summed E-state index contributed by atoms with van der Waals surface area (Å²) in [5.41, 5.74) is -0.171. The third kappa shape index (κ3) is 7.77. The molecule has 2 saturated heterocycles. The van der Waals surface area contributed by atoms with Gasteiger partial charge < -0.3 is 20.2 Å². The second-order valence-corrected chi connectivity index (χ2v) is 10.9. The van der Waals surface area contributed by atoms with Crippen LogP contribution in [-0.4, -0.2) is 96.6 Å². The summed E-state index contributed by atoms with van der Waals surface area (Å²) in [6.07, 6.45) is -3.90. The number of rotatable bonds is 9. The number of carbonyl (C=O) groups excluding carboxylic acids is 2. The van der Waals surface area contributed by atoms with Crippen molar-refractivity contribution < 1.29 is 32.3 Å². The van der Waals surface area contributed by atoms with Crippen LogP contribution in [-0.2, 0) is 11.0 Å². The Morgan fingerprint density at radius 1 is 1.05 bits per heavy atom. The molecular weight excluding hydrogens is 584 g/mol. The van der Waals surface area contributed by atoms with E-state index in [1.165, 1.54) is 18.2 Å². The van der Waals surface area contributed by atoms with Crippen LogP contribution in [0.4, 0.5) is 17.6 Å². The van der Waals surface area contributed by atoms with Crippen LogP contribution in [0.15, 0.2) is 46.9 Å². The maximum Gasteiger partial charge on any atom is 0.416 e. The van der Waals surface area contributed by atoms with Gasteiger partial charge in [0.15, 0.2) is 0 Å². The van der Waals surface area contributed by atoms with E-state index in [2.05, 4.69) is 31.0 Å². The van der Waals surface area contributed by atoms with E-state index < -0.39 is 24.3 Å². The fourth-order valence-electron chi connectivity index (χ4n) is 5.05. The summed E-state index contributed by atoms with van der Waals surface area (Å²) < 4.78 is 53.3. The maximum absolute atomic E-state index is 13.5. The molecule has 12 heteroatoms. The molecule has 4 rings (SSSR count). The molecule has 2 aliphatic heterocycles. The SMILES string of the molecule is O=C(NC[C@@H](CCN1CC(N2CCN(C(=O)CO)CC2)C1)c1ccc(F)cc1)c1cc(Br)cc(C(F)(F)F)c1. The van der Waals surface area contributed by atoms with Gasteiger partial charge >= 0.3 is 6.18 Å². The van der Waals surface area contributed by atoms with Gasteiger partial charge in [-0.15, -0.1) is 0 Å². The molecule has 0 aliphatic carbocycles. The summed E-state index contributed by atoms with van der Waals surface area (Å²) in [5, 5.41) is 11.8. The lowest BCUT2D eigenvalue weighted by Gasteiger charge is -2.48. The second-order valence-electron chi connectivity index (χ2n) is 9.96. The third-order valence-electron chi connectivity index (χ3n) is 7.39. The van der Waals surface area contributed by atoms with Crippen LogP contribution in [0, 0.1) is 5.82 Å². The van der Waals surface area contributed by atoms with Crippen LogP contribution >= 0.6 is 15.9 Å². The van der Waals surface area contributed by atoms with Crippen LogP contribution in [0.5, 0.6) is 0 Å². The van der Waals surface area contributed by atoms with Gasteiger partial charge in [0.25, 0.3) is 5.91 Å². The third-order valence-corrected chi connectivity index (χ3v) is 7.85. The molecule has 0 bridgehead atoms. The minimum Gasteiger partial charge on any atom is -0.387 e. The summed E-state index contributed by atoms with van der Waals surface area (Å²) in [6.45, 7) is 4.94. The van der Waals surface area contributed by atoms with E-state index in [-0.39, 0.29) is 34.2 Å². The van der Waals surface area contributed by atoms with E-state index in [1.54, 1.807) is 17.0 Å². The zero-order chi connectivity index (χ0) is 28.2. The highest BCUT2D eigenvalue weighted by Crippen LogP contribution is 2.32. The molecule has 0 unspecified atom stereocenters. The lowest BCUT2D eigenvalue weighted by molar-refractivity contribution is -0.138. The Morgan fingerprint density at radius 2 is 1.72 bits per heavy atom. The van der Waals surface area contributed by atoms with Crippen molar-refractivity contribution in [3.8, 4) is 0 Å². The van der Waals surface area contributed by atoms with E-state index in [9.17, 15) is 27.2 Å². The first kappa shape index (κ1) is 29.4. The summed E-state index contributed by atoms with van der Waals surface area (Å²) in [5.74, 6) is -1.39. The zero-order valence-electron chi connectivity index (χ0n) is 21.3. The Kier molecular flexibility index (Phi) is 9.63. The molecule has 2 aromatic rings. The molecule has 0 saturated carbocycles. The molecule has 0 aromatic heterocycles. The Labute approximate surface area is 232 Å². The smallest absolute Gasteiger partial charge is 0.387 e. The monoisotopic (exact) mass is 614 g/mol. The van der Waals surface area contributed by atoms with Crippen molar-refractivity contribution in [3.63, 3.8) is 0 Å².